The predicted octanol–water partition coefficient (Wildman–Crippen LogP) is 4.33. The first-order chi connectivity index (χ1) is 18.4. The van der Waals surface area contributed by atoms with E-state index < -0.39 is 22.3 Å². The SMILES string of the molecule is NS(=O)(=O)NCCCC[C@H](NC(=O)OCc1ccccc1)c1nc(-c2ccc(-c3ccccc3)cc2)no1. The summed E-state index contributed by atoms with van der Waals surface area (Å²) in [6, 6.07) is 26.5. The molecule has 0 bridgehead atoms. The van der Waals surface area contributed by atoms with Crippen molar-refractivity contribution in [2.45, 2.75) is 31.9 Å². The van der Waals surface area contributed by atoms with Crippen molar-refractivity contribution in [3.05, 3.63) is 96.4 Å². The van der Waals surface area contributed by atoms with Crippen molar-refractivity contribution >= 4 is 16.3 Å². The van der Waals surface area contributed by atoms with Gasteiger partial charge in [0.15, 0.2) is 0 Å². The lowest BCUT2D eigenvalue weighted by Crippen LogP contribution is -2.32. The third kappa shape index (κ3) is 8.23. The summed E-state index contributed by atoms with van der Waals surface area (Å²) in [4.78, 5) is 17.1. The summed E-state index contributed by atoms with van der Waals surface area (Å²) >= 11 is 0. The van der Waals surface area contributed by atoms with Gasteiger partial charge in [-0.3, -0.25) is 0 Å². The Labute approximate surface area is 221 Å². The number of carbonyl (C=O) groups is 1. The maximum absolute atomic E-state index is 12.5. The van der Waals surface area contributed by atoms with Crippen molar-refractivity contribution in [2.24, 2.45) is 5.14 Å². The van der Waals surface area contributed by atoms with Crippen LogP contribution in [-0.4, -0.2) is 31.2 Å². The zero-order chi connectivity index (χ0) is 26.8. The Balaban J connectivity index is 1.42. The fourth-order valence-electron chi connectivity index (χ4n) is 3.79. The van der Waals surface area contributed by atoms with Gasteiger partial charge in [0, 0.05) is 12.1 Å². The van der Waals surface area contributed by atoms with Gasteiger partial charge in [-0.25, -0.2) is 14.7 Å². The van der Waals surface area contributed by atoms with Crippen LogP contribution in [0, 0.1) is 0 Å². The molecule has 1 aromatic heterocycles. The molecule has 0 saturated carbocycles. The first-order valence-electron chi connectivity index (χ1n) is 12.1. The zero-order valence-corrected chi connectivity index (χ0v) is 21.4. The van der Waals surface area contributed by atoms with Crippen molar-refractivity contribution in [3.63, 3.8) is 0 Å². The molecule has 10 nitrogen and oxygen atoms in total. The van der Waals surface area contributed by atoms with Gasteiger partial charge in [0.25, 0.3) is 10.2 Å². The van der Waals surface area contributed by atoms with E-state index >= 15 is 0 Å². The average molecular weight is 536 g/mol. The molecule has 0 aliphatic rings. The first kappa shape index (κ1) is 27.0. The van der Waals surface area contributed by atoms with Gasteiger partial charge in [0.05, 0.1) is 0 Å². The van der Waals surface area contributed by atoms with Gasteiger partial charge in [0.1, 0.15) is 12.6 Å². The quantitative estimate of drug-likeness (QED) is 0.229. The number of nitrogens with two attached hydrogens (primary N) is 1. The molecule has 3 aromatic carbocycles. The van der Waals surface area contributed by atoms with Crippen molar-refractivity contribution in [3.8, 4) is 22.5 Å². The van der Waals surface area contributed by atoms with Gasteiger partial charge in [-0.05, 0) is 36.0 Å². The molecule has 11 heteroatoms. The summed E-state index contributed by atoms with van der Waals surface area (Å²) < 4.78 is 35.3. The molecule has 4 aromatic rings. The maximum atomic E-state index is 12.5. The number of alkyl carbamates (subject to hydrolysis) is 1. The van der Waals surface area contributed by atoms with Gasteiger partial charge in [-0.1, -0.05) is 90.1 Å². The number of carbonyl (C=O) groups excluding carboxylic acids is 1. The minimum atomic E-state index is -3.76. The van der Waals surface area contributed by atoms with Crippen molar-refractivity contribution in [2.75, 3.05) is 6.54 Å². The number of hydrogen-bond acceptors (Lipinski definition) is 7. The molecule has 0 aliphatic carbocycles. The van der Waals surface area contributed by atoms with Crippen LogP contribution in [0.15, 0.2) is 89.5 Å². The van der Waals surface area contributed by atoms with Gasteiger partial charge < -0.3 is 14.6 Å². The van der Waals surface area contributed by atoms with Gasteiger partial charge >= 0.3 is 6.09 Å². The molecule has 0 radical (unpaired) electrons. The second kappa shape index (κ2) is 13.0. The Morgan fingerprint density at radius 3 is 2.21 bits per heavy atom. The molecule has 0 saturated heterocycles. The fraction of sp³-hybridized carbons (Fsp3) is 0.222. The smallest absolute Gasteiger partial charge is 0.408 e. The zero-order valence-electron chi connectivity index (χ0n) is 20.6. The standard InChI is InChI=1S/C27H29N5O5S/c28-38(34,35)29-18-8-7-13-24(30-27(33)36-19-20-9-3-1-4-10-20)26-31-25(32-37-26)23-16-14-22(15-17-23)21-11-5-2-6-12-21/h1-6,9-12,14-17,24,29H,7-8,13,18-19H2,(H,30,33)(H2,28,34,35)/t24-/m0/s1. The lowest BCUT2D eigenvalue weighted by atomic mass is 10.0. The van der Waals surface area contributed by atoms with E-state index in [0.29, 0.717) is 25.1 Å². The Morgan fingerprint density at radius 1 is 0.895 bits per heavy atom. The molecule has 4 rings (SSSR count). The number of rotatable bonds is 12. The van der Waals surface area contributed by atoms with E-state index in [2.05, 4.69) is 20.2 Å². The highest BCUT2D eigenvalue weighted by atomic mass is 32.2. The summed E-state index contributed by atoms with van der Waals surface area (Å²) in [6.45, 7) is 0.285. The van der Waals surface area contributed by atoms with Gasteiger partial charge in [0.2, 0.25) is 11.7 Å². The minimum Gasteiger partial charge on any atom is -0.445 e. The Hall–Kier alpha value is -4.06. The summed E-state index contributed by atoms with van der Waals surface area (Å²) in [7, 11) is -3.76. The van der Waals surface area contributed by atoms with E-state index in [1.54, 1.807) is 0 Å². The molecule has 4 N–H and O–H groups in total. The summed E-state index contributed by atoms with van der Waals surface area (Å²) in [6.07, 6.45) is 0.834. The highest BCUT2D eigenvalue weighted by molar-refractivity contribution is 7.87. The number of nitrogens with zero attached hydrogens (tertiary/aromatic N) is 2. The molecular weight excluding hydrogens is 506 g/mol. The molecule has 1 heterocycles. The topological polar surface area (TPSA) is 149 Å². The minimum absolute atomic E-state index is 0.112. The number of hydrogen-bond donors (Lipinski definition) is 3. The number of nitrogens with one attached hydrogen (secondary N) is 2. The van der Waals surface area contributed by atoms with Crippen LogP contribution in [0.25, 0.3) is 22.5 Å². The molecule has 0 spiro atoms. The number of ether oxygens (including phenoxy) is 1. The lowest BCUT2D eigenvalue weighted by molar-refractivity contribution is 0.132. The number of benzene rings is 3. The molecule has 38 heavy (non-hydrogen) atoms. The molecule has 198 valence electrons. The normalized spacial score (nSPS) is 12.1. The van der Waals surface area contributed by atoms with Gasteiger partial charge in [-0.15, -0.1) is 0 Å². The van der Waals surface area contributed by atoms with E-state index in [1.165, 1.54) is 0 Å². The Kier molecular flexibility index (Phi) is 9.20. The van der Waals surface area contributed by atoms with E-state index in [4.69, 9.17) is 14.4 Å². The molecule has 0 aliphatic heterocycles. The van der Waals surface area contributed by atoms with E-state index in [0.717, 1.165) is 22.3 Å². The van der Waals surface area contributed by atoms with Gasteiger partial charge in [-0.2, -0.15) is 13.4 Å². The fourth-order valence-corrected chi connectivity index (χ4v) is 4.22. The van der Waals surface area contributed by atoms with Crippen LogP contribution >= 0.6 is 0 Å². The predicted molar refractivity (Wildman–Crippen MR) is 143 cm³/mol. The average Bonchev–Trinajstić information content (AvgIpc) is 3.42. The maximum Gasteiger partial charge on any atom is 0.408 e. The Morgan fingerprint density at radius 2 is 1.53 bits per heavy atom. The first-order valence-corrected chi connectivity index (χ1v) is 13.7. The van der Waals surface area contributed by atoms with Crippen LogP contribution in [0.4, 0.5) is 4.79 Å². The highest BCUT2D eigenvalue weighted by Gasteiger charge is 2.22. The number of amides is 1. The summed E-state index contributed by atoms with van der Waals surface area (Å²) in [5, 5.41) is 11.9. The van der Waals surface area contributed by atoms with Crippen molar-refractivity contribution in [1.29, 1.82) is 0 Å². The van der Waals surface area contributed by atoms with Crippen molar-refractivity contribution in [1.82, 2.24) is 20.2 Å². The van der Waals surface area contributed by atoms with Crippen LogP contribution in [-0.2, 0) is 21.6 Å². The summed E-state index contributed by atoms with van der Waals surface area (Å²) in [5.41, 5.74) is 3.78. The largest absolute Gasteiger partial charge is 0.445 e. The summed E-state index contributed by atoms with van der Waals surface area (Å²) in [5.74, 6) is 0.614. The van der Waals surface area contributed by atoms with Crippen LogP contribution in [0.3, 0.4) is 0 Å². The Bertz CT molecular complexity index is 1410. The van der Waals surface area contributed by atoms with E-state index in [9.17, 15) is 13.2 Å². The van der Waals surface area contributed by atoms with E-state index in [1.807, 2.05) is 84.9 Å². The number of aromatic nitrogens is 2. The molecule has 0 unspecified atom stereocenters. The molecule has 1 atom stereocenters. The number of unbranched alkanes of at least 4 members (excludes halogenated alkanes) is 1. The monoisotopic (exact) mass is 535 g/mol. The van der Waals surface area contributed by atoms with Crippen LogP contribution in [0.5, 0.6) is 0 Å². The van der Waals surface area contributed by atoms with Crippen LogP contribution in [0.2, 0.25) is 0 Å². The van der Waals surface area contributed by atoms with Crippen LogP contribution < -0.4 is 15.2 Å². The highest BCUT2D eigenvalue weighted by Crippen LogP contribution is 2.25. The molecular formula is C27H29N5O5S. The third-order valence-electron chi connectivity index (χ3n) is 5.72. The van der Waals surface area contributed by atoms with Crippen LogP contribution in [0.1, 0.15) is 36.8 Å². The molecule has 0 fully saturated rings. The lowest BCUT2D eigenvalue weighted by Gasteiger charge is -2.15. The second-order valence-corrected chi connectivity index (χ2v) is 9.97. The van der Waals surface area contributed by atoms with Crippen molar-refractivity contribution < 1.29 is 22.5 Å². The third-order valence-corrected chi connectivity index (χ3v) is 6.32. The van der Waals surface area contributed by atoms with E-state index in [-0.39, 0.29) is 19.0 Å². The molecule has 1 amide bonds. The second-order valence-electron chi connectivity index (χ2n) is 8.59.